The van der Waals surface area contributed by atoms with Gasteiger partial charge in [0.1, 0.15) is 0 Å². The summed E-state index contributed by atoms with van der Waals surface area (Å²) in [4.78, 5) is 12.9. The van der Waals surface area contributed by atoms with Gasteiger partial charge in [-0.2, -0.15) is 5.10 Å². The Kier molecular flexibility index (Phi) is 5.01. The number of thiophene rings is 1. The molecule has 5 heteroatoms. The number of aryl methyl sites for hydroxylation is 2. The fourth-order valence-corrected chi connectivity index (χ4v) is 2.78. The Morgan fingerprint density at radius 1 is 1.22 bits per heavy atom. The number of benzene rings is 1. The number of hydrogen-bond donors (Lipinski definition) is 1. The van der Waals surface area contributed by atoms with Crippen molar-refractivity contribution in [2.75, 3.05) is 5.32 Å². The van der Waals surface area contributed by atoms with E-state index in [2.05, 4.69) is 22.5 Å². The molecule has 1 N–H and O–H groups in total. The normalized spacial score (nSPS) is 11.0. The van der Waals surface area contributed by atoms with Crippen LogP contribution in [0.4, 0.5) is 5.69 Å². The summed E-state index contributed by atoms with van der Waals surface area (Å²) in [6.07, 6.45) is 7.77. The molecule has 0 aliphatic heterocycles. The number of amides is 1. The minimum absolute atomic E-state index is 0.152. The summed E-state index contributed by atoms with van der Waals surface area (Å²) in [6, 6.07) is 14.2. The molecule has 0 saturated heterocycles. The van der Waals surface area contributed by atoms with Crippen LogP contribution >= 0.6 is 11.3 Å². The summed E-state index contributed by atoms with van der Waals surface area (Å²) in [7, 11) is 0. The molecule has 1 aromatic carbocycles. The van der Waals surface area contributed by atoms with Crippen LogP contribution in [0.15, 0.2) is 66.3 Å². The quantitative estimate of drug-likeness (QED) is 0.701. The Labute approximate surface area is 139 Å². The second kappa shape index (κ2) is 7.56. The minimum atomic E-state index is -0.152. The highest BCUT2D eigenvalue weighted by Crippen LogP contribution is 2.11. The Morgan fingerprint density at radius 3 is 2.87 bits per heavy atom. The number of nitrogens with one attached hydrogen (secondary N) is 1. The summed E-state index contributed by atoms with van der Waals surface area (Å²) < 4.78 is 1.84. The molecule has 0 spiro atoms. The van der Waals surface area contributed by atoms with Crippen LogP contribution in [0.25, 0.3) is 6.08 Å². The van der Waals surface area contributed by atoms with E-state index in [1.807, 2.05) is 46.6 Å². The third kappa shape index (κ3) is 4.66. The van der Waals surface area contributed by atoms with Gasteiger partial charge >= 0.3 is 0 Å². The van der Waals surface area contributed by atoms with Crippen LogP contribution in [0.2, 0.25) is 0 Å². The zero-order valence-electron chi connectivity index (χ0n) is 12.6. The van der Waals surface area contributed by atoms with E-state index >= 15 is 0 Å². The molecule has 0 aliphatic carbocycles. The monoisotopic (exact) mass is 323 g/mol. The summed E-state index contributed by atoms with van der Waals surface area (Å²) >= 11 is 1.60. The fraction of sp³-hybridized carbons (Fsp3) is 0.111. The third-order valence-electron chi connectivity index (χ3n) is 3.32. The average molecular weight is 323 g/mol. The van der Waals surface area contributed by atoms with Crippen LogP contribution in [-0.2, 0) is 17.8 Å². The first kappa shape index (κ1) is 15.2. The topological polar surface area (TPSA) is 46.9 Å². The Balaban J connectivity index is 1.51. The van der Waals surface area contributed by atoms with Gasteiger partial charge in [0.15, 0.2) is 0 Å². The van der Waals surface area contributed by atoms with Gasteiger partial charge in [0.05, 0.1) is 11.9 Å². The second-order valence-corrected chi connectivity index (χ2v) is 6.04. The number of carbonyl (C=O) groups is 1. The SMILES string of the molecule is O=C(/C=C/c1cccs1)Nc1cnn(CCc2ccccc2)c1. The number of anilines is 1. The Hall–Kier alpha value is -2.66. The van der Waals surface area contributed by atoms with Crippen molar-refractivity contribution >= 4 is 29.0 Å². The molecule has 0 bridgehead atoms. The van der Waals surface area contributed by atoms with Crippen molar-refractivity contribution in [3.8, 4) is 0 Å². The first-order valence-electron chi connectivity index (χ1n) is 7.38. The predicted molar refractivity (Wildman–Crippen MR) is 94.4 cm³/mol. The third-order valence-corrected chi connectivity index (χ3v) is 4.15. The molecule has 2 heterocycles. The Bertz CT molecular complexity index is 776. The maximum atomic E-state index is 11.9. The summed E-state index contributed by atoms with van der Waals surface area (Å²) in [6.45, 7) is 0.783. The number of rotatable bonds is 6. The van der Waals surface area contributed by atoms with Gasteiger partial charge in [-0.05, 0) is 29.5 Å². The molecule has 4 nitrogen and oxygen atoms in total. The van der Waals surface area contributed by atoms with Crippen molar-refractivity contribution in [1.29, 1.82) is 0 Å². The second-order valence-electron chi connectivity index (χ2n) is 5.07. The van der Waals surface area contributed by atoms with Crippen LogP contribution in [0.5, 0.6) is 0 Å². The van der Waals surface area contributed by atoms with Gasteiger partial charge in [-0.1, -0.05) is 36.4 Å². The lowest BCUT2D eigenvalue weighted by Crippen LogP contribution is -2.07. The zero-order valence-corrected chi connectivity index (χ0v) is 13.4. The maximum absolute atomic E-state index is 11.9. The summed E-state index contributed by atoms with van der Waals surface area (Å²) in [5, 5.41) is 9.07. The van der Waals surface area contributed by atoms with Crippen LogP contribution < -0.4 is 5.32 Å². The molecule has 0 saturated carbocycles. The van der Waals surface area contributed by atoms with Crippen LogP contribution in [0, 0.1) is 0 Å². The molecule has 23 heavy (non-hydrogen) atoms. The van der Waals surface area contributed by atoms with Crippen molar-refractivity contribution in [1.82, 2.24) is 9.78 Å². The van der Waals surface area contributed by atoms with E-state index < -0.39 is 0 Å². The van der Waals surface area contributed by atoms with E-state index in [4.69, 9.17) is 0 Å². The summed E-state index contributed by atoms with van der Waals surface area (Å²) in [5.41, 5.74) is 1.98. The van der Waals surface area contributed by atoms with Gasteiger partial charge in [-0.25, -0.2) is 0 Å². The molecule has 0 radical (unpaired) electrons. The first-order chi connectivity index (χ1) is 11.3. The van der Waals surface area contributed by atoms with Gasteiger partial charge in [-0.15, -0.1) is 11.3 Å². The van der Waals surface area contributed by atoms with Gasteiger partial charge in [-0.3, -0.25) is 9.48 Å². The fourth-order valence-electron chi connectivity index (χ4n) is 2.17. The largest absolute Gasteiger partial charge is 0.320 e. The predicted octanol–water partition coefficient (Wildman–Crippen LogP) is 3.84. The number of aromatic nitrogens is 2. The van der Waals surface area contributed by atoms with Crippen molar-refractivity contribution < 1.29 is 4.79 Å². The van der Waals surface area contributed by atoms with E-state index in [1.165, 1.54) is 11.6 Å². The molecule has 0 atom stereocenters. The molecule has 2 aromatic heterocycles. The number of hydrogen-bond acceptors (Lipinski definition) is 3. The molecule has 3 aromatic rings. The highest BCUT2D eigenvalue weighted by Gasteiger charge is 2.02. The van der Waals surface area contributed by atoms with Crippen molar-refractivity contribution in [2.24, 2.45) is 0 Å². The van der Waals surface area contributed by atoms with Crippen LogP contribution in [0.3, 0.4) is 0 Å². The van der Waals surface area contributed by atoms with E-state index in [1.54, 1.807) is 23.6 Å². The lowest BCUT2D eigenvalue weighted by molar-refractivity contribution is -0.111. The highest BCUT2D eigenvalue weighted by atomic mass is 32.1. The molecular formula is C18H17N3OS. The maximum Gasteiger partial charge on any atom is 0.248 e. The first-order valence-corrected chi connectivity index (χ1v) is 8.26. The number of carbonyl (C=O) groups excluding carboxylic acids is 1. The van der Waals surface area contributed by atoms with Crippen molar-refractivity contribution in [3.05, 3.63) is 76.8 Å². The molecule has 116 valence electrons. The van der Waals surface area contributed by atoms with Gasteiger partial charge in [0.25, 0.3) is 0 Å². The molecule has 0 unspecified atom stereocenters. The van der Waals surface area contributed by atoms with Gasteiger partial charge in [0.2, 0.25) is 5.91 Å². The number of nitrogens with zero attached hydrogens (tertiary/aromatic N) is 2. The lowest BCUT2D eigenvalue weighted by Gasteiger charge is -2.01. The van der Waals surface area contributed by atoms with E-state index in [-0.39, 0.29) is 5.91 Å². The van der Waals surface area contributed by atoms with Gasteiger partial charge in [0, 0.05) is 23.7 Å². The molecular weight excluding hydrogens is 306 g/mol. The lowest BCUT2D eigenvalue weighted by atomic mass is 10.1. The van der Waals surface area contributed by atoms with Crippen molar-refractivity contribution in [3.63, 3.8) is 0 Å². The van der Waals surface area contributed by atoms with Crippen molar-refractivity contribution in [2.45, 2.75) is 13.0 Å². The Morgan fingerprint density at radius 2 is 2.09 bits per heavy atom. The van der Waals surface area contributed by atoms with Crippen LogP contribution in [0.1, 0.15) is 10.4 Å². The molecule has 0 fully saturated rings. The van der Waals surface area contributed by atoms with Gasteiger partial charge < -0.3 is 5.32 Å². The van der Waals surface area contributed by atoms with E-state index in [9.17, 15) is 4.79 Å². The van der Waals surface area contributed by atoms with E-state index in [0.717, 1.165) is 17.8 Å². The van der Waals surface area contributed by atoms with Crippen LogP contribution in [-0.4, -0.2) is 15.7 Å². The molecule has 0 aliphatic rings. The standard InChI is InChI=1S/C18H17N3OS/c22-18(9-8-17-7-4-12-23-17)20-16-13-19-21(14-16)11-10-15-5-2-1-3-6-15/h1-9,12-14H,10-11H2,(H,20,22)/b9-8+. The summed E-state index contributed by atoms with van der Waals surface area (Å²) in [5.74, 6) is -0.152. The van der Waals surface area contributed by atoms with E-state index in [0.29, 0.717) is 5.69 Å². The molecule has 1 amide bonds. The average Bonchev–Trinajstić information content (AvgIpc) is 3.24. The smallest absolute Gasteiger partial charge is 0.248 e. The highest BCUT2D eigenvalue weighted by molar-refractivity contribution is 7.10. The zero-order chi connectivity index (χ0) is 15.9. The minimum Gasteiger partial charge on any atom is -0.320 e. The molecule has 3 rings (SSSR count).